The average Bonchev–Trinajstić information content (AvgIpc) is 3.30. The Morgan fingerprint density at radius 1 is 1.35 bits per heavy atom. The van der Waals surface area contributed by atoms with Crippen LogP contribution >= 0.6 is 0 Å². The molecule has 1 fully saturated rings. The molecule has 7 heteroatoms. The summed E-state index contributed by atoms with van der Waals surface area (Å²) in [5, 5.41) is 10.4. The van der Waals surface area contributed by atoms with E-state index < -0.39 is 12.1 Å². The van der Waals surface area contributed by atoms with Gasteiger partial charge >= 0.3 is 0 Å². The summed E-state index contributed by atoms with van der Waals surface area (Å²) in [7, 11) is 5.13. The van der Waals surface area contributed by atoms with Crippen molar-refractivity contribution >= 4 is 22.7 Å². The van der Waals surface area contributed by atoms with Gasteiger partial charge in [-0.15, -0.1) is 0 Å². The highest BCUT2D eigenvalue weighted by Gasteiger charge is 2.39. The number of nitrogens with zero attached hydrogens (tertiary/aromatic N) is 4. The molecule has 1 aliphatic rings. The van der Waals surface area contributed by atoms with Crippen molar-refractivity contribution in [3.05, 3.63) is 30.0 Å². The normalized spacial score (nSPS) is 19.5. The van der Waals surface area contributed by atoms with Crippen LogP contribution in [-0.2, 0) is 11.8 Å². The van der Waals surface area contributed by atoms with Crippen LogP contribution in [0.5, 0.6) is 5.75 Å². The van der Waals surface area contributed by atoms with E-state index >= 15 is 0 Å². The molecule has 0 N–H and O–H groups in total. The number of rotatable bonds is 6. The van der Waals surface area contributed by atoms with Crippen LogP contribution in [0.25, 0.3) is 10.9 Å². The molecule has 3 unspecified atom stereocenters. The third-order valence-electron chi connectivity index (χ3n) is 6.20. The number of nitriles is 1. The van der Waals surface area contributed by atoms with Crippen molar-refractivity contribution in [3.63, 3.8) is 0 Å². The molecule has 166 valence electrons. The summed E-state index contributed by atoms with van der Waals surface area (Å²) in [5.74, 6) is 0.835. The first kappa shape index (κ1) is 22.7. The number of carbonyl (C=O) groups excluding carboxylic acids is 2. The third-order valence-corrected chi connectivity index (χ3v) is 6.20. The molecule has 0 bridgehead atoms. The molecule has 1 aromatic carbocycles. The van der Waals surface area contributed by atoms with Gasteiger partial charge in [-0.25, -0.2) is 0 Å². The van der Waals surface area contributed by atoms with Crippen LogP contribution in [0, 0.1) is 23.2 Å². The first-order valence-corrected chi connectivity index (χ1v) is 10.8. The minimum Gasteiger partial charge on any atom is -0.496 e. The zero-order valence-corrected chi connectivity index (χ0v) is 19.3. The smallest absolute Gasteiger partial charge is 0.270 e. The van der Waals surface area contributed by atoms with E-state index in [9.17, 15) is 14.9 Å². The molecule has 7 nitrogen and oxygen atoms in total. The quantitative estimate of drug-likeness (QED) is 0.712. The highest BCUT2D eigenvalue weighted by Crippen LogP contribution is 2.30. The van der Waals surface area contributed by atoms with Crippen molar-refractivity contribution in [3.8, 4) is 11.8 Å². The summed E-state index contributed by atoms with van der Waals surface area (Å²) in [6, 6.07) is 8.72. The van der Waals surface area contributed by atoms with Gasteiger partial charge in [0.25, 0.3) is 5.91 Å². The van der Waals surface area contributed by atoms with Gasteiger partial charge in [-0.05, 0) is 42.9 Å². The van der Waals surface area contributed by atoms with Crippen LogP contribution in [-0.4, -0.2) is 59.0 Å². The van der Waals surface area contributed by atoms with E-state index in [4.69, 9.17) is 4.74 Å². The topological polar surface area (TPSA) is 78.6 Å². The Kier molecular flexibility index (Phi) is 6.59. The Morgan fingerprint density at radius 2 is 2.06 bits per heavy atom. The van der Waals surface area contributed by atoms with Gasteiger partial charge in [-0.2, -0.15) is 5.26 Å². The zero-order chi connectivity index (χ0) is 22.9. The molecule has 3 atom stereocenters. The maximum absolute atomic E-state index is 13.5. The number of fused-ring (bicyclic) bond motifs is 1. The van der Waals surface area contributed by atoms with Gasteiger partial charge in [0.1, 0.15) is 23.5 Å². The second kappa shape index (κ2) is 9.01. The number of benzene rings is 1. The Bertz CT molecular complexity index is 1020. The van der Waals surface area contributed by atoms with E-state index in [1.54, 1.807) is 24.0 Å². The predicted molar refractivity (Wildman–Crippen MR) is 120 cm³/mol. The summed E-state index contributed by atoms with van der Waals surface area (Å²) in [4.78, 5) is 30.2. The van der Waals surface area contributed by atoms with E-state index in [-0.39, 0.29) is 23.7 Å². The molecule has 1 aliphatic heterocycles. The maximum atomic E-state index is 13.5. The average molecular weight is 425 g/mol. The van der Waals surface area contributed by atoms with Crippen molar-refractivity contribution in [2.45, 2.75) is 45.7 Å². The van der Waals surface area contributed by atoms with E-state index in [0.717, 1.165) is 10.9 Å². The number of hydrogen-bond donors (Lipinski definition) is 0. The van der Waals surface area contributed by atoms with E-state index in [0.29, 0.717) is 30.8 Å². The number of carbonyl (C=O) groups is 2. The molecule has 3 rings (SSSR count). The molecule has 1 aromatic heterocycles. The lowest BCUT2D eigenvalue weighted by Crippen LogP contribution is -2.51. The number of likely N-dealkylation sites (tertiary alicyclic amines) is 1. The maximum Gasteiger partial charge on any atom is 0.270 e. The zero-order valence-electron chi connectivity index (χ0n) is 19.3. The van der Waals surface area contributed by atoms with Crippen LogP contribution < -0.4 is 4.74 Å². The van der Waals surface area contributed by atoms with Crippen LogP contribution in [0.4, 0.5) is 0 Å². The highest BCUT2D eigenvalue weighted by atomic mass is 16.5. The Balaban J connectivity index is 1.95. The molecule has 2 heterocycles. The molecule has 0 saturated carbocycles. The summed E-state index contributed by atoms with van der Waals surface area (Å²) < 4.78 is 7.28. The minimum absolute atomic E-state index is 0.142. The lowest BCUT2D eigenvalue weighted by atomic mass is 10.0. The van der Waals surface area contributed by atoms with Crippen molar-refractivity contribution in [1.82, 2.24) is 14.4 Å². The molecular formula is C24H32N4O3. The van der Waals surface area contributed by atoms with Gasteiger partial charge in [0, 0.05) is 26.0 Å². The number of methoxy groups -OCH3 is 1. The number of aromatic nitrogens is 1. The fourth-order valence-corrected chi connectivity index (χ4v) is 4.51. The van der Waals surface area contributed by atoms with Gasteiger partial charge in [-0.1, -0.05) is 26.8 Å². The van der Waals surface area contributed by atoms with Crippen LogP contribution in [0.3, 0.4) is 0 Å². The SMILES string of the molecule is COc1cccc2c1cc(C(=O)N(C)C(CC(C)C)C(=O)N1CC(C)CC1C#N)n2C. The second-order valence-electron chi connectivity index (χ2n) is 9.02. The minimum atomic E-state index is -0.617. The van der Waals surface area contributed by atoms with Crippen molar-refractivity contribution in [2.24, 2.45) is 18.9 Å². The van der Waals surface area contributed by atoms with E-state index in [1.165, 1.54) is 0 Å². The molecule has 1 saturated heterocycles. The van der Waals surface area contributed by atoms with Crippen LogP contribution in [0.1, 0.15) is 44.1 Å². The number of likely N-dealkylation sites (N-methyl/N-ethyl adjacent to an activating group) is 1. The Hall–Kier alpha value is -3.01. The molecule has 0 radical (unpaired) electrons. The Morgan fingerprint density at radius 3 is 2.68 bits per heavy atom. The van der Waals surface area contributed by atoms with Gasteiger partial charge in [0.2, 0.25) is 5.91 Å². The molecule has 0 spiro atoms. The molecule has 0 aliphatic carbocycles. The van der Waals surface area contributed by atoms with Crippen molar-refractivity contribution in [2.75, 3.05) is 20.7 Å². The summed E-state index contributed by atoms with van der Waals surface area (Å²) in [6.45, 7) is 6.68. The largest absolute Gasteiger partial charge is 0.496 e. The van der Waals surface area contributed by atoms with Gasteiger partial charge < -0.3 is 19.1 Å². The Labute approximate surface area is 184 Å². The lowest BCUT2D eigenvalue weighted by molar-refractivity contribution is -0.136. The standard InChI is InChI=1S/C24H32N4O3/c1-15(2)10-20(24(30)28-14-16(3)11-17(28)13-25)27(5)23(29)21-12-18-19(26(21)4)8-7-9-22(18)31-6/h7-9,12,15-17,20H,10-11,14H2,1-6H3. The lowest BCUT2D eigenvalue weighted by Gasteiger charge is -2.33. The van der Waals surface area contributed by atoms with Crippen LogP contribution in [0.15, 0.2) is 24.3 Å². The number of hydrogen-bond acceptors (Lipinski definition) is 4. The monoisotopic (exact) mass is 424 g/mol. The van der Waals surface area contributed by atoms with Gasteiger partial charge in [0.15, 0.2) is 0 Å². The highest BCUT2D eigenvalue weighted by molar-refractivity contribution is 6.02. The fourth-order valence-electron chi connectivity index (χ4n) is 4.51. The van der Waals surface area contributed by atoms with Crippen LogP contribution in [0.2, 0.25) is 0 Å². The fraction of sp³-hybridized carbons (Fsp3) is 0.542. The summed E-state index contributed by atoms with van der Waals surface area (Å²) >= 11 is 0. The first-order chi connectivity index (χ1) is 14.7. The molecule has 31 heavy (non-hydrogen) atoms. The van der Waals surface area contributed by atoms with Gasteiger partial charge in [0.05, 0.1) is 18.7 Å². The van der Waals surface area contributed by atoms with Crippen molar-refractivity contribution in [1.29, 1.82) is 5.26 Å². The number of amides is 2. The van der Waals surface area contributed by atoms with Gasteiger partial charge in [-0.3, -0.25) is 9.59 Å². The van der Waals surface area contributed by atoms with E-state index in [1.807, 2.05) is 56.7 Å². The van der Waals surface area contributed by atoms with E-state index in [2.05, 4.69) is 6.07 Å². The third kappa shape index (κ3) is 4.25. The number of aryl methyl sites for hydroxylation is 1. The predicted octanol–water partition coefficient (Wildman–Crippen LogP) is 3.43. The first-order valence-electron chi connectivity index (χ1n) is 10.8. The molecular weight excluding hydrogens is 392 g/mol. The molecule has 2 aromatic rings. The number of ether oxygens (including phenoxy) is 1. The second-order valence-corrected chi connectivity index (χ2v) is 9.02. The summed E-state index contributed by atoms with van der Waals surface area (Å²) in [5.41, 5.74) is 1.39. The summed E-state index contributed by atoms with van der Waals surface area (Å²) in [6.07, 6.45) is 1.22. The van der Waals surface area contributed by atoms with Crippen molar-refractivity contribution < 1.29 is 14.3 Å². The molecule has 2 amide bonds.